The molecule has 0 aromatic heterocycles. The molecule has 1 saturated carbocycles. The molecule has 0 saturated heterocycles. The van der Waals surface area contributed by atoms with Crippen LogP contribution in [0.4, 0.5) is 4.79 Å². The zero-order valence-electron chi connectivity index (χ0n) is 12.7. The van der Waals surface area contributed by atoms with Crippen LogP contribution in [0.5, 0.6) is 0 Å². The van der Waals surface area contributed by atoms with Gasteiger partial charge < -0.3 is 15.0 Å². The van der Waals surface area contributed by atoms with Crippen molar-refractivity contribution in [2.45, 2.75) is 58.6 Å². The van der Waals surface area contributed by atoms with Gasteiger partial charge >= 0.3 is 6.09 Å². The molecule has 0 aromatic carbocycles. The molecule has 5 nitrogen and oxygen atoms in total. The van der Waals surface area contributed by atoms with Crippen molar-refractivity contribution in [2.24, 2.45) is 5.92 Å². The van der Waals surface area contributed by atoms with Gasteiger partial charge in [-0.3, -0.25) is 4.79 Å². The van der Waals surface area contributed by atoms with E-state index in [0.717, 1.165) is 6.42 Å². The van der Waals surface area contributed by atoms with Crippen LogP contribution in [0.2, 0.25) is 0 Å². The normalized spacial score (nSPS) is 21.7. The Bertz CT molecular complexity index is 336. The average Bonchev–Trinajstić information content (AvgIpc) is 2.91. The maximum absolute atomic E-state index is 11.7. The summed E-state index contributed by atoms with van der Waals surface area (Å²) in [4.78, 5) is 24.8. The lowest BCUT2D eigenvalue weighted by Gasteiger charge is -2.24. The topological polar surface area (TPSA) is 58.6 Å². The Hall–Kier alpha value is -1.26. The quantitative estimate of drug-likeness (QED) is 0.833. The fourth-order valence-corrected chi connectivity index (χ4v) is 1.71. The maximum Gasteiger partial charge on any atom is 0.410 e. The first-order chi connectivity index (χ1) is 8.69. The molecule has 0 aromatic rings. The van der Waals surface area contributed by atoms with Gasteiger partial charge in [-0.25, -0.2) is 4.79 Å². The highest BCUT2D eigenvalue weighted by atomic mass is 16.6. The number of nitrogens with zero attached hydrogens (tertiary/aromatic N) is 1. The molecule has 5 heteroatoms. The van der Waals surface area contributed by atoms with Crippen LogP contribution in [-0.2, 0) is 9.53 Å². The lowest BCUT2D eigenvalue weighted by Crippen LogP contribution is -2.35. The fraction of sp³-hybridized carbons (Fsp3) is 0.857. The molecule has 110 valence electrons. The van der Waals surface area contributed by atoms with Crippen molar-refractivity contribution in [3.05, 3.63) is 0 Å². The highest BCUT2D eigenvalue weighted by molar-refractivity contribution is 5.76. The number of nitrogens with one attached hydrogen (secondary N) is 1. The molecule has 2 unspecified atom stereocenters. The number of amides is 2. The van der Waals surface area contributed by atoms with Crippen LogP contribution < -0.4 is 5.32 Å². The van der Waals surface area contributed by atoms with Gasteiger partial charge in [-0.1, -0.05) is 6.92 Å². The molecule has 2 amide bonds. The van der Waals surface area contributed by atoms with Gasteiger partial charge in [0.25, 0.3) is 0 Å². The number of rotatable bonds is 5. The van der Waals surface area contributed by atoms with Crippen molar-refractivity contribution in [3.63, 3.8) is 0 Å². The largest absolute Gasteiger partial charge is 0.444 e. The summed E-state index contributed by atoms with van der Waals surface area (Å²) in [6.07, 6.45) is 1.85. The van der Waals surface area contributed by atoms with Gasteiger partial charge in [0, 0.05) is 26.1 Å². The van der Waals surface area contributed by atoms with E-state index in [1.54, 1.807) is 7.05 Å². The first-order valence-corrected chi connectivity index (χ1v) is 6.92. The molecular weight excluding hydrogens is 244 g/mol. The minimum absolute atomic E-state index is 0.0759. The van der Waals surface area contributed by atoms with Gasteiger partial charge in [0.15, 0.2) is 0 Å². The molecule has 1 fully saturated rings. The summed E-state index contributed by atoms with van der Waals surface area (Å²) in [7, 11) is 1.69. The van der Waals surface area contributed by atoms with Crippen molar-refractivity contribution in [2.75, 3.05) is 13.6 Å². The Morgan fingerprint density at radius 2 is 1.95 bits per heavy atom. The van der Waals surface area contributed by atoms with Crippen molar-refractivity contribution in [1.29, 1.82) is 0 Å². The van der Waals surface area contributed by atoms with Crippen LogP contribution >= 0.6 is 0 Å². The van der Waals surface area contributed by atoms with E-state index in [2.05, 4.69) is 12.2 Å². The van der Waals surface area contributed by atoms with Crippen LogP contribution in [0.3, 0.4) is 0 Å². The third kappa shape index (κ3) is 6.45. The van der Waals surface area contributed by atoms with E-state index >= 15 is 0 Å². The molecule has 1 N–H and O–H groups in total. The molecule has 0 bridgehead atoms. The van der Waals surface area contributed by atoms with E-state index in [9.17, 15) is 9.59 Å². The molecule has 2 atom stereocenters. The Morgan fingerprint density at radius 3 is 2.42 bits per heavy atom. The van der Waals surface area contributed by atoms with Crippen molar-refractivity contribution in [3.8, 4) is 0 Å². The molecule has 1 aliphatic rings. The van der Waals surface area contributed by atoms with E-state index in [-0.39, 0.29) is 12.0 Å². The summed E-state index contributed by atoms with van der Waals surface area (Å²) in [5.41, 5.74) is -0.481. The fourth-order valence-electron chi connectivity index (χ4n) is 1.71. The van der Waals surface area contributed by atoms with Crippen LogP contribution in [0.25, 0.3) is 0 Å². The van der Waals surface area contributed by atoms with Gasteiger partial charge in [-0.15, -0.1) is 0 Å². The van der Waals surface area contributed by atoms with E-state index in [1.807, 2.05) is 20.8 Å². The predicted octanol–water partition coefficient (Wildman–Crippen LogP) is 2.16. The second-order valence-corrected chi connectivity index (χ2v) is 6.39. The monoisotopic (exact) mass is 270 g/mol. The van der Waals surface area contributed by atoms with Crippen LogP contribution in [0.15, 0.2) is 0 Å². The smallest absolute Gasteiger partial charge is 0.410 e. The Kier molecular flexibility index (Phi) is 5.20. The SMILES string of the molecule is CC1CC1NC(=O)CCCN(C)C(=O)OC(C)(C)C. The second-order valence-electron chi connectivity index (χ2n) is 6.39. The highest BCUT2D eigenvalue weighted by Gasteiger charge is 2.33. The van der Waals surface area contributed by atoms with Gasteiger partial charge in [0.05, 0.1) is 0 Å². The van der Waals surface area contributed by atoms with E-state index in [4.69, 9.17) is 4.74 Å². The molecular formula is C14H26N2O3. The van der Waals surface area contributed by atoms with Crippen LogP contribution in [0, 0.1) is 5.92 Å². The molecule has 0 radical (unpaired) electrons. The van der Waals surface area contributed by atoms with E-state index in [0.29, 0.717) is 31.3 Å². The standard InChI is InChI=1S/C14H26N2O3/c1-10-9-11(10)15-12(17)7-6-8-16(5)13(18)19-14(2,3)4/h10-11H,6-9H2,1-5H3,(H,15,17). The van der Waals surface area contributed by atoms with E-state index < -0.39 is 5.60 Å². The summed E-state index contributed by atoms with van der Waals surface area (Å²) in [5.74, 6) is 0.695. The van der Waals surface area contributed by atoms with Gasteiger partial charge in [-0.05, 0) is 39.5 Å². The third-order valence-electron chi connectivity index (χ3n) is 3.06. The van der Waals surface area contributed by atoms with Gasteiger partial charge in [0.2, 0.25) is 5.91 Å². The highest BCUT2D eigenvalue weighted by Crippen LogP contribution is 2.28. The molecule has 1 rings (SSSR count). The summed E-state index contributed by atoms with van der Waals surface area (Å²) < 4.78 is 5.23. The number of hydrogen-bond acceptors (Lipinski definition) is 3. The minimum atomic E-state index is -0.481. The van der Waals surface area contributed by atoms with Gasteiger partial charge in [-0.2, -0.15) is 0 Å². The van der Waals surface area contributed by atoms with Crippen molar-refractivity contribution < 1.29 is 14.3 Å². The molecule has 19 heavy (non-hydrogen) atoms. The Balaban J connectivity index is 2.14. The zero-order valence-corrected chi connectivity index (χ0v) is 12.7. The van der Waals surface area contributed by atoms with Crippen LogP contribution in [0.1, 0.15) is 47.0 Å². The minimum Gasteiger partial charge on any atom is -0.444 e. The average molecular weight is 270 g/mol. The number of carbonyl (C=O) groups is 2. The van der Waals surface area contributed by atoms with Crippen molar-refractivity contribution >= 4 is 12.0 Å². The number of carbonyl (C=O) groups excluding carboxylic acids is 2. The Labute approximate surface area is 115 Å². The lowest BCUT2D eigenvalue weighted by atomic mass is 10.2. The first-order valence-electron chi connectivity index (χ1n) is 6.92. The molecule has 0 aliphatic heterocycles. The number of hydrogen-bond donors (Lipinski definition) is 1. The third-order valence-corrected chi connectivity index (χ3v) is 3.06. The molecule has 1 aliphatic carbocycles. The van der Waals surface area contributed by atoms with Crippen molar-refractivity contribution in [1.82, 2.24) is 10.2 Å². The first kappa shape index (κ1) is 15.8. The summed E-state index contributed by atoms with van der Waals surface area (Å²) in [5, 5.41) is 2.97. The summed E-state index contributed by atoms with van der Waals surface area (Å²) in [6, 6.07) is 0.371. The lowest BCUT2D eigenvalue weighted by molar-refractivity contribution is -0.121. The molecule has 0 heterocycles. The Morgan fingerprint density at radius 1 is 1.37 bits per heavy atom. The molecule has 0 spiro atoms. The second kappa shape index (κ2) is 6.26. The zero-order chi connectivity index (χ0) is 14.6. The van der Waals surface area contributed by atoms with Crippen LogP contribution in [-0.4, -0.2) is 42.1 Å². The van der Waals surface area contributed by atoms with Gasteiger partial charge in [0.1, 0.15) is 5.60 Å². The predicted molar refractivity (Wildman–Crippen MR) is 73.8 cm³/mol. The summed E-state index contributed by atoms with van der Waals surface area (Å²) >= 11 is 0. The summed E-state index contributed by atoms with van der Waals surface area (Å²) in [6.45, 7) is 8.17. The number of ether oxygens (including phenoxy) is 1. The maximum atomic E-state index is 11.7. The van der Waals surface area contributed by atoms with E-state index in [1.165, 1.54) is 4.90 Å².